The second kappa shape index (κ2) is 9.72. The molecule has 0 saturated carbocycles. The Morgan fingerprint density at radius 2 is 1.82 bits per heavy atom. The second-order valence-electron chi connectivity index (χ2n) is 7.45. The largest absolute Gasteiger partial charge is 0.455 e. The van der Waals surface area contributed by atoms with Crippen molar-refractivity contribution in [3.8, 4) is 0 Å². The number of esters is 1. The Morgan fingerprint density at radius 3 is 2.48 bits per heavy atom. The third-order valence-electron chi connectivity index (χ3n) is 4.83. The first-order valence-corrected chi connectivity index (χ1v) is 9.84. The van der Waals surface area contributed by atoms with Crippen LogP contribution in [0.1, 0.15) is 27.9 Å². The van der Waals surface area contributed by atoms with Crippen LogP contribution in [-0.2, 0) is 25.3 Å². The van der Waals surface area contributed by atoms with Crippen molar-refractivity contribution in [1.82, 2.24) is 10.4 Å². The van der Waals surface area contributed by atoms with Crippen molar-refractivity contribution < 1.29 is 37.1 Å². The lowest BCUT2D eigenvalue weighted by atomic mass is 10.1. The summed E-state index contributed by atoms with van der Waals surface area (Å²) in [5, 5.41) is 3.23. The summed E-state index contributed by atoms with van der Waals surface area (Å²) >= 11 is 0. The minimum absolute atomic E-state index is 0.105. The molecule has 2 aromatic carbocycles. The van der Waals surface area contributed by atoms with Gasteiger partial charge in [0.1, 0.15) is 0 Å². The van der Waals surface area contributed by atoms with Crippen LogP contribution in [0.2, 0.25) is 0 Å². The van der Waals surface area contributed by atoms with Crippen LogP contribution in [0.5, 0.6) is 0 Å². The van der Waals surface area contributed by atoms with Crippen LogP contribution < -0.4 is 10.7 Å². The molecule has 0 unspecified atom stereocenters. The molecule has 174 valence electrons. The fraction of sp³-hybridized carbons (Fsp3) is 0.273. The Balaban J connectivity index is 1.49. The van der Waals surface area contributed by atoms with E-state index in [1.165, 1.54) is 6.07 Å². The van der Waals surface area contributed by atoms with E-state index in [4.69, 9.17) is 4.74 Å². The maximum absolute atomic E-state index is 12.7. The lowest BCUT2D eigenvalue weighted by Crippen LogP contribution is -2.43. The Bertz CT molecular complexity index is 1070. The SMILES string of the molecule is Cc1ccc(C(=O)NN2C[C@@H](C(=O)OCC(=O)Nc3cccc(C(F)(F)F)c3)CC2=O)cc1. The van der Waals surface area contributed by atoms with Crippen LogP contribution >= 0.6 is 0 Å². The van der Waals surface area contributed by atoms with E-state index in [1.807, 2.05) is 6.92 Å². The molecule has 0 aliphatic carbocycles. The summed E-state index contributed by atoms with van der Waals surface area (Å²) in [6, 6.07) is 10.7. The Labute approximate surface area is 186 Å². The smallest absolute Gasteiger partial charge is 0.416 e. The van der Waals surface area contributed by atoms with E-state index >= 15 is 0 Å². The fourth-order valence-corrected chi connectivity index (χ4v) is 3.09. The summed E-state index contributed by atoms with van der Waals surface area (Å²) in [6.07, 6.45) is -4.79. The Hall–Kier alpha value is -3.89. The molecule has 1 heterocycles. The van der Waals surface area contributed by atoms with Gasteiger partial charge in [0.25, 0.3) is 11.8 Å². The van der Waals surface area contributed by atoms with Crippen LogP contribution in [0.25, 0.3) is 0 Å². The number of alkyl halides is 3. The molecule has 2 N–H and O–H groups in total. The normalized spacial score (nSPS) is 15.8. The van der Waals surface area contributed by atoms with E-state index in [0.717, 1.165) is 28.8 Å². The quantitative estimate of drug-likeness (QED) is 0.641. The topological polar surface area (TPSA) is 105 Å². The number of rotatable bonds is 6. The van der Waals surface area contributed by atoms with Crippen LogP contribution in [0, 0.1) is 12.8 Å². The van der Waals surface area contributed by atoms with E-state index in [0.29, 0.717) is 5.56 Å². The van der Waals surface area contributed by atoms with Crippen LogP contribution in [0.4, 0.5) is 18.9 Å². The average molecular weight is 463 g/mol. The number of benzene rings is 2. The van der Waals surface area contributed by atoms with Gasteiger partial charge in [-0.2, -0.15) is 13.2 Å². The minimum Gasteiger partial charge on any atom is -0.455 e. The summed E-state index contributed by atoms with van der Waals surface area (Å²) < 4.78 is 43.1. The number of hydrogen-bond donors (Lipinski definition) is 2. The standard InChI is InChI=1S/C22H20F3N3O5/c1-13-5-7-14(8-6-13)20(31)27-28-11-15(9-19(28)30)21(32)33-12-18(29)26-17-4-2-3-16(10-17)22(23,24)25/h2-8,10,15H,9,11-12H2,1H3,(H,26,29)(H,27,31)/t15-/m0/s1. The highest BCUT2D eigenvalue weighted by atomic mass is 19.4. The molecule has 3 rings (SSSR count). The molecular weight excluding hydrogens is 443 g/mol. The molecule has 8 nitrogen and oxygen atoms in total. The summed E-state index contributed by atoms with van der Waals surface area (Å²) in [5.74, 6) is -3.59. The van der Waals surface area contributed by atoms with E-state index in [-0.39, 0.29) is 18.7 Å². The van der Waals surface area contributed by atoms with E-state index in [9.17, 15) is 32.3 Å². The molecule has 1 aliphatic heterocycles. The predicted molar refractivity (Wildman–Crippen MR) is 109 cm³/mol. The first kappa shape index (κ1) is 23.8. The molecule has 1 saturated heterocycles. The number of ether oxygens (including phenoxy) is 1. The number of carbonyl (C=O) groups is 4. The van der Waals surface area contributed by atoms with Crippen LogP contribution in [-0.4, -0.2) is 41.9 Å². The third-order valence-corrected chi connectivity index (χ3v) is 4.83. The number of hydrogen-bond acceptors (Lipinski definition) is 5. The highest BCUT2D eigenvalue weighted by Crippen LogP contribution is 2.30. The van der Waals surface area contributed by atoms with Gasteiger partial charge in [-0.3, -0.25) is 29.6 Å². The molecule has 0 aromatic heterocycles. The number of nitrogens with zero attached hydrogens (tertiary/aromatic N) is 1. The highest BCUT2D eigenvalue weighted by molar-refractivity contribution is 5.97. The lowest BCUT2D eigenvalue weighted by molar-refractivity contribution is -0.151. The molecular formula is C22H20F3N3O5. The summed E-state index contributed by atoms with van der Waals surface area (Å²) in [7, 11) is 0. The van der Waals surface area contributed by atoms with Crippen LogP contribution in [0.3, 0.4) is 0 Å². The van der Waals surface area contributed by atoms with Gasteiger partial charge < -0.3 is 10.1 Å². The van der Waals surface area contributed by atoms with Gasteiger partial charge in [0.05, 0.1) is 18.0 Å². The van der Waals surface area contributed by atoms with Crippen molar-refractivity contribution >= 4 is 29.4 Å². The van der Waals surface area contributed by atoms with Gasteiger partial charge in [-0.05, 0) is 37.3 Å². The predicted octanol–water partition coefficient (Wildman–Crippen LogP) is 2.69. The zero-order chi connectivity index (χ0) is 24.2. The maximum Gasteiger partial charge on any atom is 0.416 e. The molecule has 3 amide bonds. The molecule has 2 aromatic rings. The summed E-state index contributed by atoms with van der Waals surface area (Å²) in [6.45, 7) is 0.988. The zero-order valence-electron chi connectivity index (χ0n) is 17.4. The number of aryl methyl sites for hydroxylation is 1. The van der Waals surface area contributed by atoms with Crippen molar-refractivity contribution in [2.75, 3.05) is 18.5 Å². The van der Waals surface area contributed by atoms with Crippen molar-refractivity contribution in [2.24, 2.45) is 5.92 Å². The van der Waals surface area contributed by atoms with Crippen molar-refractivity contribution in [3.63, 3.8) is 0 Å². The van der Waals surface area contributed by atoms with Crippen molar-refractivity contribution in [1.29, 1.82) is 0 Å². The van der Waals surface area contributed by atoms with Gasteiger partial charge in [-0.15, -0.1) is 0 Å². The summed E-state index contributed by atoms with van der Waals surface area (Å²) in [5.41, 5.74) is 2.69. The number of anilines is 1. The molecule has 1 atom stereocenters. The van der Waals surface area contributed by atoms with Gasteiger partial charge in [-0.25, -0.2) is 0 Å². The Morgan fingerprint density at radius 1 is 1.12 bits per heavy atom. The van der Waals surface area contributed by atoms with E-state index < -0.39 is 48.0 Å². The van der Waals surface area contributed by atoms with Gasteiger partial charge in [-0.1, -0.05) is 23.8 Å². The number of nitrogens with one attached hydrogen (secondary N) is 2. The second-order valence-corrected chi connectivity index (χ2v) is 7.45. The molecule has 0 bridgehead atoms. The zero-order valence-corrected chi connectivity index (χ0v) is 17.4. The number of hydrazine groups is 1. The lowest BCUT2D eigenvalue weighted by Gasteiger charge is -2.17. The molecule has 33 heavy (non-hydrogen) atoms. The number of halogens is 3. The van der Waals surface area contributed by atoms with Gasteiger partial charge in [0, 0.05) is 17.7 Å². The first-order chi connectivity index (χ1) is 15.5. The highest BCUT2D eigenvalue weighted by Gasteiger charge is 2.37. The number of carbonyl (C=O) groups excluding carboxylic acids is 4. The maximum atomic E-state index is 12.7. The van der Waals surface area contributed by atoms with Gasteiger partial charge in [0.2, 0.25) is 5.91 Å². The van der Waals surface area contributed by atoms with Crippen LogP contribution in [0.15, 0.2) is 48.5 Å². The van der Waals surface area contributed by atoms with Gasteiger partial charge in [0.15, 0.2) is 6.61 Å². The third kappa shape index (κ3) is 6.31. The first-order valence-electron chi connectivity index (χ1n) is 9.84. The minimum atomic E-state index is -4.57. The molecule has 1 aliphatic rings. The molecule has 11 heteroatoms. The van der Waals surface area contributed by atoms with Crippen molar-refractivity contribution in [2.45, 2.75) is 19.5 Å². The fourth-order valence-electron chi connectivity index (χ4n) is 3.09. The van der Waals surface area contributed by atoms with Crippen molar-refractivity contribution in [3.05, 3.63) is 65.2 Å². The molecule has 0 radical (unpaired) electrons. The molecule has 0 spiro atoms. The van der Waals surface area contributed by atoms with Gasteiger partial charge >= 0.3 is 12.1 Å². The van der Waals surface area contributed by atoms with E-state index in [1.54, 1.807) is 24.3 Å². The molecule has 1 fully saturated rings. The Kier molecular flexibility index (Phi) is 7.00. The van der Waals surface area contributed by atoms with E-state index in [2.05, 4.69) is 10.7 Å². The summed E-state index contributed by atoms with van der Waals surface area (Å²) in [4.78, 5) is 48.6. The monoisotopic (exact) mass is 463 g/mol. The number of amides is 3. The average Bonchev–Trinajstić information content (AvgIpc) is 3.12.